The van der Waals surface area contributed by atoms with Crippen LogP contribution < -0.4 is 0 Å². The Bertz CT molecular complexity index is 450. The molecule has 0 bridgehead atoms. The molecule has 0 aliphatic heterocycles. The summed E-state index contributed by atoms with van der Waals surface area (Å²) in [7, 11) is 0. The van der Waals surface area contributed by atoms with Crippen LogP contribution in [0.15, 0.2) is 30.3 Å². The zero-order chi connectivity index (χ0) is 14.1. The van der Waals surface area contributed by atoms with E-state index >= 15 is 0 Å². The first-order valence-electron chi connectivity index (χ1n) is 6.17. The summed E-state index contributed by atoms with van der Waals surface area (Å²) in [6, 6.07) is 8.94. The first-order valence-corrected chi connectivity index (χ1v) is 6.17. The zero-order valence-corrected chi connectivity index (χ0v) is 10.3. The molecule has 19 heavy (non-hydrogen) atoms. The van der Waals surface area contributed by atoms with Crippen LogP contribution in [0.25, 0.3) is 0 Å². The Balaban J connectivity index is 2.25. The number of carbonyl (C=O) groups is 1. The van der Waals surface area contributed by atoms with Gasteiger partial charge < -0.3 is 5.11 Å². The third-order valence-corrected chi connectivity index (χ3v) is 3.82. The fourth-order valence-corrected chi connectivity index (χ4v) is 2.79. The smallest absolute Gasteiger partial charge is 0.389 e. The van der Waals surface area contributed by atoms with Crippen molar-refractivity contribution in [2.45, 2.75) is 37.3 Å². The van der Waals surface area contributed by atoms with E-state index in [4.69, 9.17) is 5.11 Å². The Kier molecular flexibility index (Phi) is 3.56. The molecular formula is C14H15F3O2. The van der Waals surface area contributed by atoms with Gasteiger partial charge in [0.15, 0.2) is 0 Å². The average molecular weight is 272 g/mol. The summed E-state index contributed by atoms with van der Waals surface area (Å²) in [6.07, 6.45) is -4.54. The number of hydrogen-bond acceptors (Lipinski definition) is 1. The molecule has 0 amide bonds. The average Bonchev–Trinajstić information content (AvgIpc) is 3.08. The van der Waals surface area contributed by atoms with Gasteiger partial charge in [0, 0.05) is 12.8 Å². The van der Waals surface area contributed by atoms with E-state index < -0.39 is 36.3 Å². The normalized spacial score (nSPS) is 18.9. The van der Waals surface area contributed by atoms with E-state index in [0.29, 0.717) is 12.8 Å². The quantitative estimate of drug-likeness (QED) is 0.886. The summed E-state index contributed by atoms with van der Waals surface area (Å²) in [5.74, 6) is -2.05. The van der Waals surface area contributed by atoms with Crippen molar-refractivity contribution in [2.24, 2.45) is 5.92 Å². The molecule has 5 heteroatoms. The highest BCUT2D eigenvalue weighted by molar-refractivity contribution is 5.67. The molecule has 1 fully saturated rings. The van der Waals surface area contributed by atoms with Crippen LogP contribution in [0.4, 0.5) is 13.2 Å². The van der Waals surface area contributed by atoms with Crippen LogP contribution >= 0.6 is 0 Å². The highest BCUT2D eigenvalue weighted by Crippen LogP contribution is 2.57. The molecule has 0 heterocycles. The lowest BCUT2D eigenvalue weighted by molar-refractivity contribution is -0.153. The van der Waals surface area contributed by atoms with Crippen LogP contribution in [0.5, 0.6) is 0 Å². The monoisotopic (exact) mass is 272 g/mol. The minimum absolute atomic E-state index is 0.436. The molecule has 2 nitrogen and oxygen atoms in total. The van der Waals surface area contributed by atoms with Crippen LogP contribution in [0.1, 0.15) is 31.2 Å². The molecular weight excluding hydrogens is 257 g/mol. The highest BCUT2D eigenvalue weighted by atomic mass is 19.4. The summed E-state index contributed by atoms with van der Waals surface area (Å²) in [5.41, 5.74) is 0.223. The lowest BCUT2D eigenvalue weighted by Gasteiger charge is -2.27. The van der Waals surface area contributed by atoms with Gasteiger partial charge in [0.2, 0.25) is 0 Å². The van der Waals surface area contributed by atoms with Gasteiger partial charge in [-0.05, 0) is 29.7 Å². The summed E-state index contributed by atoms with van der Waals surface area (Å²) >= 11 is 0. The molecule has 1 aliphatic carbocycles. The Morgan fingerprint density at radius 1 is 1.26 bits per heavy atom. The van der Waals surface area contributed by atoms with Gasteiger partial charge >= 0.3 is 12.1 Å². The number of hydrogen-bond donors (Lipinski definition) is 1. The first kappa shape index (κ1) is 13.9. The summed E-state index contributed by atoms with van der Waals surface area (Å²) in [6.45, 7) is 0. The van der Waals surface area contributed by atoms with E-state index in [9.17, 15) is 18.0 Å². The maximum atomic E-state index is 12.6. The van der Waals surface area contributed by atoms with Crippen molar-refractivity contribution in [2.75, 3.05) is 0 Å². The second kappa shape index (κ2) is 4.87. The molecule has 2 rings (SSSR count). The van der Waals surface area contributed by atoms with Gasteiger partial charge in [0.05, 0.1) is 0 Å². The summed E-state index contributed by atoms with van der Waals surface area (Å²) in [5, 5.41) is 8.85. The van der Waals surface area contributed by atoms with Gasteiger partial charge in [-0.25, -0.2) is 0 Å². The molecule has 1 aromatic rings. The lowest BCUT2D eigenvalue weighted by atomic mass is 9.78. The Labute approximate surface area is 109 Å². The number of alkyl halides is 3. The van der Waals surface area contributed by atoms with Gasteiger partial charge in [-0.3, -0.25) is 4.79 Å². The van der Waals surface area contributed by atoms with Crippen molar-refractivity contribution in [1.82, 2.24) is 0 Å². The number of rotatable bonds is 5. The van der Waals surface area contributed by atoms with Crippen molar-refractivity contribution >= 4 is 5.97 Å². The third kappa shape index (κ3) is 3.28. The van der Waals surface area contributed by atoms with Crippen molar-refractivity contribution in [3.05, 3.63) is 35.9 Å². The predicted octanol–water partition coefficient (Wildman–Crippen LogP) is 3.76. The molecule has 1 N–H and O–H groups in total. The number of aliphatic carboxylic acids is 1. The Hall–Kier alpha value is -1.52. The number of halogens is 3. The minimum atomic E-state index is -4.33. The van der Waals surface area contributed by atoms with Crippen molar-refractivity contribution < 1.29 is 23.1 Å². The molecule has 1 aliphatic rings. The highest BCUT2D eigenvalue weighted by Gasteiger charge is 2.53. The molecule has 1 atom stereocenters. The van der Waals surface area contributed by atoms with Crippen molar-refractivity contribution in [3.8, 4) is 0 Å². The molecule has 1 aromatic carbocycles. The van der Waals surface area contributed by atoms with Crippen LogP contribution in [0, 0.1) is 5.92 Å². The second-order valence-corrected chi connectivity index (χ2v) is 5.14. The fraction of sp³-hybridized carbons (Fsp3) is 0.500. The predicted molar refractivity (Wildman–Crippen MR) is 63.8 cm³/mol. The van der Waals surface area contributed by atoms with Gasteiger partial charge in [-0.2, -0.15) is 13.2 Å². The zero-order valence-electron chi connectivity index (χ0n) is 10.3. The van der Waals surface area contributed by atoms with Crippen LogP contribution in [-0.2, 0) is 10.2 Å². The molecule has 0 spiro atoms. The van der Waals surface area contributed by atoms with E-state index in [2.05, 4.69) is 0 Å². The lowest BCUT2D eigenvalue weighted by Crippen LogP contribution is -2.28. The number of carboxylic acid groups (broad SMARTS) is 1. The van der Waals surface area contributed by atoms with E-state index in [1.54, 1.807) is 30.3 Å². The van der Waals surface area contributed by atoms with Crippen LogP contribution in [0.3, 0.4) is 0 Å². The Morgan fingerprint density at radius 2 is 1.84 bits per heavy atom. The molecule has 0 aromatic heterocycles. The van der Waals surface area contributed by atoms with E-state index in [1.165, 1.54) is 0 Å². The summed E-state index contributed by atoms with van der Waals surface area (Å²) < 4.78 is 37.9. The molecule has 104 valence electrons. The minimum Gasteiger partial charge on any atom is -0.481 e. The largest absolute Gasteiger partial charge is 0.481 e. The van der Waals surface area contributed by atoms with Crippen LogP contribution in [0.2, 0.25) is 0 Å². The molecule has 1 unspecified atom stereocenters. The molecule has 1 saturated carbocycles. The topological polar surface area (TPSA) is 37.3 Å². The fourth-order valence-electron chi connectivity index (χ4n) is 2.79. The van der Waals surface area contributed by atoms with E-state index in [-0.39, 0.29) is 0 Å². The van der Waals surface area contributed by atoms with Gasteiger partial charge in [0.1, 0.15) is 0 Å². The van der Waals surface area contributed by atoms with E-state index in [1.807, 2.05) is 0 Å². The second-order valence-electron chi connectivity index (χ2n) is 5.14. The maximum Gasteiger partial charge on any atom is 0.389 e. The van der Waals surface area contributed by atoms with Gasteiger partial charge in [-0.15, -0.1) is 0 Å². The van der Waals surface area contributed by atoms with E-state index in [0.717, 1.165) is 5.56 Å². The van der Waals surface area contributed by atoms with Gasteiger partial charge in [-0.1, -0.05) is 30.3 Å². The number of benzene rings is 1. The van der Waals surface area contributed by atoms with Crippen molar-refractivity contribution in [1.29, 1.82) is 0 Å². The molecule has 0 saturated heterocycles. The maximum absolute atomic E-state index is 12.6. The van der Waals surface area contributed by atoms with Crippen LogP contribution in [-0.4, -0.2) is 17.3 Å². The standard InChI is InChI=1S/C14H15F3O2/c15-14(16,17)9-11(8-12(18)19)13(6-7-13)10-4-2-1-3-5-10/h1-5,11H,6-9H2,(H,18,19). The molecule has 0 radical (unpaired) electrons. The first-order chi connectivity index (χ1) is 8.83. The number of carboxylic acids is 1. The Morgan fingerprint density at radius 3 is 2.26 bits per heavy atom. The SMILES string of the molecule is O=C(O)CC(CC(F)(F)F)C1(c2ccccc2)CC1. The summed E-state index contributed by atoms with van der Waals surface area (Å²) in [4.78, 5) is 10.8. The van der Waals surface area contributed by atoms with Crippen molar-refractivity contribution in [3.63, 3.8) is 0 Å². The third-order valence-electron chi connectivity index (χ3n) is 3.82. The van der Waals surface area contributed by atoms with Gasteiger partial charge in [0.25, 0.3) is 0 Å².